The van der Waals surface area contributed by atoms with Crippen molar-refractivity contribution in [3.63, 3.8) is 0 Å². The van der Waals surface area contributed by atoms with E-state index in [4.69, 9.17) is 4.55 Å². The fourth-order valence-corrected chi connectivity index (χ4v) is 0.525. The molecule has 0 radical (unpaired) electrons. The fourth-order valence-electron chi connectivity index (χ4n) is 0.175. The van der Waals surface area contributed by atoms with Crippen LogP contribution in [0.5, 0.6) is 0 Å². The van der Waals surface area contributed by atoms with E-state index < -0.39 is 22.4 Å². The maximum atomic E-state index is 11.2. The van der Waals surface area contributed by atoms with Gasteiger partial charge < -0.3 is 0 Å². The predicted molar refractivity (Wildman–Crippen MR) is 32.9 cm³/mol. The van der Waals surface area contributed by atoms with Gasteiger partial charge in [-0.2, -0.15) is 21.6 Å². The van der Waals surface area contributed by atoms with Gasteiger partial charge in [-0.05, 0) is 0 Å². The van der Waals surface area contributed by atoms with Crippen LogP contribution in [0.25, 0.3) is 0 Å². The van der Waals surface area contributed by atoms with Gasteiger partial charge in [-0.1, -0.05) is 0 Å². The second kappa shape index (κ2) is 4.42. The standard InChI is InChI=1S/C2H2F3NO4S.Na.H/c3-2(4,5)1(7)6-11(8,9)10;;/h(H,6,7)(H,8,9,10);;. The summed E-state index contributed by atoms with van der Waals surface area (Å²) in [6.45, 7) is 0. The molecule has 0 atom stereocenters. The first-order chi connectivity index (χ1) is 4.63. The molecule has 0 fully saturated rings. The van der Waals surface area contributed by atoms with Gasteiger partial charge in [-0.3, -0.25) is 9.35 Å². The van der Waals surface area contributed by atoms with Crippen molar-refractivity contribution in [3.05, 3.63) is 0 Å². The van der Waals surface area contributed by atoms with Crippen LogP contribution in [-0.2, 0) is 15.1 Å². The number of amides is 1. The Kier molecular flexibility index (Phi) is 5.41. The normalized spacial score (nSPS) is 11.7. The van der Waals surface area contributed by atoms with Crippen LogP contribution >= 0.6 is 0 Å². The monoisotopic (exact) mass is 217 g/mol. The number of hydrogen-bond donors (Lipinski definition) is 2. The van der Waals surface area contributed by atoms with E-state index in [1.807, 2.05) is 0 Å². The number of carbonyl (C=O) groups excluding carboxylic acids is 1. The molecule has 2 N–H and O–H groups in total. The summed E-state index contributed by atoms with van der Waals surface area (Å²) in [6.07, 6.45) is -5.32. The summed E-state index contributed by atoms with van der Waals surface area (Å²) in [7, 11) is -5.13. The van der Waals surface area contributed by atoms with Crippen LogP contribution in [0.4, 0.5) is 13.2 Å². The Labute approximate surface area is 87.5 Å². The zero-order valence-corrected chi connectivity index (χ0v) is 5.53. The molecule has 0 aromatic rings. The molecule has 0 saturated carbocycles. The van der Waals surface area contributed by atoms with Crippen molar-refractivity contribution in [2.45, 2.75) is 6.18 Å². The number of carbonyl (C=O) groups is 1. The molecule has 0 saturated heterocycles. The number of rotatable bonds is 1. The van der Waals surface area contributed by atoms with Gasteiger partial charge >= 0.3 is 51.9 Å². The molecule has 0 aliphatic heterocycles. The molecular weight excluding hydrogens is 214 g/mol. The summed E-state index contributed by atoms with van der Waals surface area (Å²) in [4.78, 5) is 9.70. The third-order valence-electron chi connectivity index (χ3n) is 0.479. The molecule has 12 heavy (non-hydrogen) atoms. The molecule has 0 aliphatic rings. The Bertz CT molecular complexity index is 258. The number of hydrogen-bond acceptors (Lipinski definition) is 3. The molecule has 10 heteroatoms. The Morgan fingerprint density at radius 3 is 1.75 bits per heavy atom. The molecule has 5 nitrogen and oxygen atoms in total. The van der Waals surface area contributed by atoms with E-state index in [0.717, 1.165) is 0 Å². The molecule has 0 aliphatic carbocycles. The van der Waals surface area contributed by atoms with Crippen molar-refractivity contribution in [2.75, 3.05) is 0 Å². The van der Waals surface area contributed by atoms with Gasteiger partial charge in [-0.15, -0.1) is 0 Å². The molecule has 0 aromatic carbocycles. The average molecular weight is 217 g/mol. The summed E-state index contributed by atoms with van der Waals surface area (Å²) in [5.41, 5.74) is 0. The summed E-state index contributed by atoms with van der Waals surface area (Å²) in [6, 6.07) is 0. The van der Waals surface area contributed by atoms with Crippen molar-refractivity contribution in [1.29, 1.82) is 0 Å². The summed E-state index contributed by atoms with van der Waals surface area (Å²) in [5, 5.41) is 0. The van der Waals surface area contributed by atoms with Crippen molar-refractivity contribution >= 4 is 45.8 Å². The fraction of sp³-hybridized carbons (Fsp3) is 0.500. The zero-order valence-electron chi connectivity index (χ0n) is 4.71. The van der Waals surface area contributed by atoms with E-state index >= 15 is 0 Å². The number of alkyl halides is 3. The summed E-state index contributed by atoms with van der Waals surface area (Å²) >= 11 is 0. The molecular formula is C2H3F3NNaO4S. The van der Waals surface area contributed by atoms with Crippen LogP contribution in [-0.4, -0.2) is 54.6 Å². The van der Waals surface area contributed by atoms with Gasteiger partial charge in [0.2, 0.25) is 0 Å². The SMILES string of the molecule is O=C(NS(=O)(=O)O)C(F)(F)F.[NaH]. The van der Waals surface area contributed by atoms with E-state index in [2.05, 4.69) is 0 Å². The molecule has 68 valence electrons. The first-order valence-corrected chi connectivity index (χ1v) is 3.43. The Morgan fingerprint density at radius 2 is 1.67 bits per heavy atom. The number of nitrogens with one attached hydrogen (secondary N) is 1. The molecule has 0 heterocycles. The average Bonchev–Trinajstić information content (AvgIpc) is 1.56. The van der Waals surface area contributed by atoms with Gasteiger partial charge in [-0.25, -0.2) is 4.72 Å². The van der Waals surface area contributed by atoms with Crippen LogP contribution in [0.15, 0.2) is 0 Å². The zero-order chi connectivity index (χ0) is 9.28. The van der Waals surface area contributed by atoms with Gasteiger partial charge in [0, 0.05) is 0 Å². The first kappa shape index (κ1) is 14.7. The van der Waals surface area contributed by atoms with E-state index in [1.165, 1.54) is 0 Å². The second-order valence-corrected chi connectivity index (χ2v) is 2.56. The molecule has 1 amide bonds. The van der Waals surface area contributed by atoms with Gasteiger partial charge in [0.25, 0.3) is 0 Å². The van der Waals surface area contributed by atoms with Crippen molar-refractivity contribution < 1.29 is 30.9 Å². The third-order valence-corrected chi connectivity index (χ3v) is 0.922. The minimum atomic E-state index is -5.32. The quantitative estimate of drug-likeness (QED) is 0.427. The Hall–Kier alpha value is 0.170. The first-order valence-electron chi connectivity index (χ1n) is 1.99. The van der Waals surface area contributed by atoms with Crippen molar-refractivity contribution in [3.8, 4) is 0 Å². The molecule has 0 aromatic heterocycles. The predicted octanol–water partition coefficient (Wildman–Crippen LogP) is -1.18. The van der Waals surface area contributed by atoms with Crippen molar-refractivity contribution in [1.82, 2.24) is 4.72 Å². The minimum absolute atomic E-state index is 0. The molecule has 0 bridgehead atoms. The van der Waals surface area contributed by atoms with Crippen LogP contribution < -0.4 is 4.72 Å². The second-order valence-electron chi connectivity index (χ2n) is 1.40. The molecule has 0 rings (SSSR count). The topological polar surface area (TPSA) is 83.5 Å². The molecule has 0 spiro atoms. The van der Waals surface area contributed by atoms with Crippen LogP contribution in [0.2, 0.25) is 0 Å². The Balaban J connectivity index is 0. The Morgan fingerprint density at radius 1 is 1.33 bits per heavy atom. The summed E-state index contributed by atoms with van der Waals surface area (Å²) < 4.78 is 60.8. The van der Waals surface area contributed by atoms with Crippen LogP contribution in [0, 0.1) is 0 Å². The van der Waals surface area contributed by atoms with Crippen molar-refractivity contribution in [2.24, 2.45) is 0 Å². The van der Waals surface area contributed by atoms with Gasteiger partial charge in [0.1, 0.15) is 0 Å². The van der Waals surface area contributed by atoms with Gasteiger partial charge in [0.05, 0.1) is 0 Å². The van der Waals surface area contributed by atoms with Crippen LogP contribution in [0.3, 0.4) is 0 Å². The van der Waals surface area contributed by atoms with E-state index in [-0.39, 0.29) is 29.6 Å². The number of halogens is 3. The summed E-state index contributed by atoms with van der Waals surface area (Å²) in [5.74, 6) is -2.74. The maximum absolute atomic E-state index is 11.2. The van der Waals surface area contributed by atoms with Gasteiger partial charge in [0.15, 0.2) is 0 Å². The van der Waals surface area contributed by atoms with E-state index in [0.29, 0.717) is 4.72 Å². The third kappa shape index (κ3) is 6.85. The molecule has 0 unspecified atom stereocenters. The van der Waals surface area contributed by atoms with Crippen LogP contribution in [0.1, 0.15) is 0 Å². The van der Waals surface area contributed by atoms with E-state index in [1.54, 1.807) is 0 Å². The van der Waals surface area contributed by atoms with E-state index in [9.17, 15) is 26.4 Å².